The lowest BCUT2D eigenvalue weighted by Gasteiger charge is -2.11. The highest BCUT2D eigenvalue weighted by Crippen LogP contribution is 2.29. The Morgan fingerprint density at radius 3 is 1.83 bits per heavy atom. The zero-order chi connectivity index (χ0) is 20.6. The Kier molecular flexibility index (Phi) is 6.32. The van der Waals surface area contributed by atoms with Crippen LogP contribution in [0.15, 0.2) is 72.8 Å². The number of carbonyl (C=O) groups is 2. The van der Waals surface area contributed by atoms with Gasteiger partial charge in [0, 0.05) is 17.4 Å². The van der Waals surface area contributed by atoms with Crippen molar-refractivity contribution in [2.24, 2.45) is 0 Å². The van der Waals surface area contributed by atoms with E-state index in [0.29, 0.717) is 34.4 Å². The molecule has 7 nitrogen and oxygen atoms in total. The van der Waals surface area contributed by atoms with Gasteiger partial charge in [0.2, 0.25) is 0 Å². The molecule has 2 N–H and O–H groups in total. The Bertz CT molecular complexity index is 988. The van der Waals surface area contributed by atoms with Crippen LogP contribution in [0.4, 0.5) is 11.4 Å². The van der Waals surface area contributed by atoms with E-state index in [1.807, 2.05) is 30.3 Å². The van der Waals surface area contributed by atoms with E-state index < -0.39 is 11.8 Å². The summed E-state index contributed by atoms with van der Waals surface area (Å²) >= 11 is 0. The molecule has 0 aromatic heterocycles. The Hall–Kier alpha value is -4.00. The average Bonchev–Trinajstić information content (AvgIpc) is 2.75. The first-order valence-corrected chi connectivity index (χ1v) is 8.76. The first kappa shape index (κ1) is 19.8. The number of amides is 2. The van der Waals surface area contributed by atoms with Crippen LogP contribution in [0, 0.1) is 0 Å². The molecule has 0 aliphatic carbocycles. The van der Waals surface area contributed by atoms with Crippen LogP contribution in [0.3, 0.4) is 0 Å². The second kappa shape index (κ2) is 9.27. The molecule has 0 saturated heterocycles. The predicted molar refractivity (Wildman–Crippen MR) is 110 cm³/mol. The summed E-state index contributed by atoms with van der Waals surface area (Å²) in [6, 6.07) is 20.9. The van der Waals surface area contributed by atoms with E-state index >= 15 is 0 Å². The highest BCUT2D eigenvalue weighted by atomic mass is 16.5. The fourth-order valence-corrected chi connectivity index (χ4v) is 2.52. The quantitative estimate of drug-likeness (QED) is 0.618. The van der Waals surface area contributed by atoms with E-state index in [4.69, 9.17) is 14.2 Å². The molecule has 0 radical (unpaired) electrons. The molecule has 0 heterocycles. The number of rotatable bonds is 6. The third-order valence-electron chi connectivity index (χ3n) is 3.94. The number of nitrogens with one attached hydrogen (secondary N) is 2. The van der Waals surface area contributed by atoms with Crippen LogP contribution in [0.2, 0.25) is 0 Å². The summed E-state index contributed by atoms with van der Waals surface area (Å²) < 4.78 is 16.0. The van der Waals surface area contributed by atoms with Crippen molar-refractivity contribution < 1.29 is 23.8 Å². The molecule has 29 heavy (non-hydrogen) atoms. The van der Waals surface area contributed by atoms with Crippen LogP contribution in [0.5, 0.6) is 23.0 Å². The lowest BCUT2D eigenvalue weighted by atomic mass is 10.2. The van der Waals surface area contributed by atoms with Gasteiger partial charge in [-0.1, -0.05) is 18.2 Å². The molecule has 0 bridgehead atoms. The topological polar surface area (TPSA) is 85.9 Å². The zero-order valence-corrected chi connectivity index (χ0v) is 16.0. The summed E-state index contributed by atoms with van der Waals surface area (Å²) in [5.74, 6) is 0.688. The van der Waals surface area contributed by atoms with E-state index in [2.05, 4.69) is 10.6 Å². The van der Waals surface area contributed by atoms with E-state index in [9.17, 15) is 9.59 Å². The lowest BCUT2D eigenvalue weighted by molar-refractivity contribution is -0.132. The summed E-state index contributed by atoms with van der Waals surface area (Å²) in [4.78, 5) is 24.3. The summed E-state index contributed by atoms with van der Waals surface area (Å²) in [6.45, 7) is 0. The fraction of sp³-hybridized carbons (Fsp3) is 0.0909. The SMILES string of the molecule is COc1ccc(NC(=O)C(=O)Nc2ccc(Oc3ccccc3)cc2)cc1OC. The third-order valence-corrected chi connectivity index (χ3v) is 3.94. The molecule has 3 rings (SSSR count). The Morgan fingerprint density at radius 1 is 0.655 bits per heavy atom. The van der Waals surface area contributed by atoms with Gasteiger partial charge in [-0.15, -0.1) is 0 Å². The molecular weight excluding hydrogens is 372 g/mol. The summed E-state index contributed by atoms with van der Waals surface area (Å²) in [6.07, 6.45) is 0. The zero-order valence-electron chi connectivity index (χ0n) is 16.0. The number of hydrogen-bond donors (Lipinski definition) is 2. The molecule has 0 aliphatic heterocycles. The molecule has 7 heteroatoms. The van der Waals surface area contributed by atoms with Crippen LogP contribution >= 0.6 is 0 Å². The van der Waals surface area contributed by atoms with Crippen LogP contribution in [0.25, 0.3) is 0 Å². The molecule has 3 aromatic carbocycles. The lowest BCUT2D eigenvalue weighted by Crippen LogP contribution is -2.29. The van der Waals surface area contributed by atoms with Gasteiger partial charge in [0.05, 0.1) is 14.2 Å². The summed E-state index contributed by atoms with van der Waals surface area (Å²) in [5, 5.41) is 5.06. The van der Waals surface area contributed by atoms with Gasteiger partial charge < -0.3 is 24.8 Å². The number of hydrogen-bond acceptors (Lipinski definition) is 5. The number of ether oxygens (including phenoxy) is 3. The maximum atomic E-state index is 12.2. The van der Waals surface area contributed by atoms with Crippen molar-refractivity contribution in [1.82, 2.24) is 0 Å². The second-order valence-corrected chi connectivity index (χ2v) is 5.92. The van der Waals surface area contributed by atoms with Gasteiger partial charge in [0.25, 0.3) is 0 Å². The molecule has 3 aromatic rings. The van der Waals surface area contributed by atoms with Crippen LogP contribution in [-0.2, 0) is 9.59 Å². The number of carbonyl (C=O) groups excluding carboxylic acids is 2. The van der Waals surface area contributed by atoms with Crippen LogP contribution < -0.4 is 24.8 Å². The molecular formula is C22H20N2O5. The van der Waals surface area contributed by atoms with Crippen molar-refractivity contribution in [3.63, 3.8) is 0 Å². The van der Waals surface area contributed by atoms with Gasteiger partial charge >= 0.3 is 11.8 Å². The monoisotopic (exact) mass is 392 g/mol. The minimum Gasteiger partial charge on any atom is -0.493 e. The van der Waals surface area contributed by atoms with Crippen molar-refractivity contribution in [2.45, 2.75) is 0 Å². The molecule has 0 fully saturated rings. The summed E-state index contributed by atoms with van der Waals surface area (Å²) in [7, 11) is 3.00. The predicted octanol–water partition coefficient (Wildman–Crippen LogP) is 4.07. The highest BCUT2D eigenvalue weighted by Gasteiger charge is 2.15. The Labute approximate surface area is 168 Å². The maximum Gasteiger partial charge on any atom is 0.314 e. The Balaban J connectivity index is 1.59. The van der Waals surface area contributed by atoms with Gasteiger partial charge in [0.1, 0.15) is 11.5 Å². The Morgan fingerprint density at radius 2 is 1.21 bits per heavy atom. The molecule has 0 saturated carbocycles. The van der Waals surface area contributed by atoms with Gasteiger partial charge in [0.15, 0.2) is 11.5 Å². The average molecular weight is 392 g/mol. The molecule has 0 spiro atoms. The van der Waals surface area contributed by atoms with Crippen molar-refractivity contribution in [3.8, 4) is 23.0 Å². The first-order chi connectivity index (χ1) is 14.1. The molecule has 0 unspecified atom stereocenters. The molecule has 0 aliphatic rings. The number of methoxy groups -OCH3 is 2. The smallest absolute Gasteiger partial charge is 0.314 e. The van der Waals surface area contributed by atoms with Crippen LogP contribution in [0.1, 0.15) is 0 Å². The molecule has 0 atom stereocenters. The van der Waals surface area contributed by atoms with Crippen molar-refractivity contribution >= 4 is 23.2 Å². The standard InChI is InChI=1S/C22H20N2O5/c1-27-19-13-10-16(14-20(19)28-2)24-22(26)21(25)23-15-8-11-18(12-9-15)29-17-6-4-3-5-7-17/h3-14H,1-2H3,(H,23,25)(H,24,26). The minimum absolute atomic E-state index is 0.411. The van der Waals surface area contributed by atoms with Crippen molar-refractivity contribution in [1.29, 1.82) is 0 Å². The van der Waals surface area contributed by atoms with E-state index in [1.165, 1.54) is 14.2 Å². The van der Waals surface area contributed by atoms with E-state index in [1.54, 1.807) is 42.5 Å². The first-order valence-electron chi connectivity index (χ1n) is 8.76. The highest BCUT2D eigenvalue weighted by molar-refractivity contribution is 6.43. The summed E-state index contributed by atoms with van der Waals surface area (Å²) in [5.41, 5.74) is 0.882. The second-order valence-electron chi connectivity index (χ2n) is 5.92. The maximum absolute atomic E-state index is 12.2. The van der Waals surface area contributed by atoms with Gasteiger partial charge in [-0.25, -0.2) is 0 Å². The minimum atomic E-state index is -0.804. The number of para-hydroxylation sites is 1. The van der Waals surface area contributed by atoms with E-state index in [-0.39, 0.29) is 0 Å². The van der Waals surface area contributed by atoms with Crippen LogP contribution in [-0.4, -0.2) is 26.0 Å². The fourth-order valence-electron chi connectivity index (χ4n) is 2.52. The van der Waals surface area contributed by atoms with Gasteiger partial charge in [-0.3, -0.25) is 9.59 Å². The van der Waals surface area contributed by atoms with Gasteiger partial charge in [-0.05, 0) is 48.5 Å². The largest absolute Gasteiger partial charge is 0.493 e. The van der Waals surface area contributed by atoms with Crippen molar-refractivity contribution in [2.75, 3.05) is 24.9 Å². The molecule has 148 valence electrons. The van der Waals surface area contributed by atoms with Crippen molar-refractivity contribution in [3.05, 3.63) is 72.8 Å². The molecule has 2 amide bonds. The van der Waals surface area contributed by atoms with E-state index in [0.717, 1.165) is 0 Å². The normalized spacial score (nSPS) is 10.0. The van der Waals surface area contributed by atoms with Gasteiger partial charge in [-0.2, -0.15) is 0 Å². The number of benzene rings is 3. The number of anilines is 2. The third kappa shape index (κ3) is 5.26.